The Bertz CT molecular complexity index is 509. The molecule has 0 atom stereocenters. The zero-order chi connectivity index (χ0) is 17.7. The van der Waals surface area contributed by atoms with Crippen LogP contribution in [0, 0.1) is 5.92 Å². The fraction of sp³-hybridized carbons (Fsp3) is 0.429. The second-order valence-corrected chi connectivity index (χ2v) is 6.00. The topological polar surface area (TPSA) is 36.9 Å². The molecule has 25 heavy (non-hydrogen) atoms. The summed E-state index contributed by atoms with van der Waals surface area (Å²) in [5.41, 5.74) is 2.34. The second-order valence-electron chi connectivity index (χ2n) is 6.00. The highest BCUT2D eigenvalue weighted by Crippen LogP contribution is 2.14. The van der Waals surface area contributed by atoms with Crippen LogP contribution in [0.5, 0.6) is 0 Å². The predicted molar refractivity (Wildman–Crippen MR) is 98.1 cm³/mol. The van der Waals surface area contributed by atoms with Gasteiger partial charge >= 0.3 is 0 Å². The smallest absolute Gasteiger partial charge is 0.157 e. The summed E-state index contributed by atoms with van der Waals surface area (Å²) >= 11 is 0. The molecule has 0 N–H and O–H groups in total. The molecule has 0 heterocycles. The van der Waals surface area contributed by atoms with Crippen LogP contribution in [-0.2, 0) is 32.2 Å². The summed E-state index contributed by atoms with van der Waals surface area (Å²) in [5, 5.41) is 0. The molecule has 2 rings (SSSR count). The maximum absolute atomic E-state index is 5.88. The molecule has 2 aromatic rings. The van der Waals surface area contributed by atoms with Gasteiger partial charge in [-0.3, -0.25) is 0 Å². The van der Waals surface area contributed by atoms with E-state index < -0.39 is 0 Å². The average Bonchev–Trinajstić information content (AvgIpc) is 2.67. The zero-order valence-corrected chi connectivity index (χ0v) is 15.1. The lowest BCUT2D eigenvalue weighted by Crippen LogP contribution is -2.24. The largest absolute Gasteiger partial charge is 0.376 e. The van der Waals surface area contributed by atoms with E-state index in [9.17, 15) is 0 Å². The Labute approximate surface area is 150 Å². The van der Waals surface area contributed by atoms with Gasteiger partial charge in [0.15, 0.2) is 6.29 Å². The molecule has 0 aliphatic rings. The van der Waals surface area contributed by atoms with Crippen molar-refractivity contribution in [2.45, 2.75) is 25.9 Å². The van der Waals surface area contributed by atoms with Crippen LogP contribution in [0.15, 0.2) is 60.7 Å². The monoisotopic (exact) mass is 344 g/mol. The molecule has 0 fully saturated rings. The average molecular weight is 344 g/mol. The molecule has 0 radical (unpaired) electrons. The van der Waals surface area contributed by atoms with Crippen LogP contribution in [0.2, 0.25) is 0 Å². The first-order valence-corrected chi connectivity index (χ1v) is 8.60. The molecule has 0 amide bonds. The molecule has 0 spiro atoms. The number of hydrogen-bond acceptors (Lipinski definition) is 4. The minimum Gasteiger partial charge on any atom is -0.376 e. The van der Waals surface area contributed by atoms with E-state index in [1.807, 2.05) is 36.4 Å². The van der Waals surface area contributed by atoms with Gasteiger partial charge in [-0.25, -0.2) is 0 Å². The van der Waals surface area contributed by atoms with Crippen LogP contribution in [0.1, 0.15) is 17.5 Å². The van der Waals surface area contributed by atoms with E-state index in [1.54, 1.807) is 14.2 Å². The minimum absolute atomic E-state index is 0.206. The Morgan fingerprint density at radius 3 is 1.52 bits per heavy atom. The summed E-state index contributed by atoms with van der Waals surface area (Å²) in [7, 11) is 3.31. The Morgan fingerprint density at radius 2 is 1.12 bits per heavy atom. The van der Waals surface area contributed by atoms with Crippen LogP contribution in [0.4, 0.5) is 0 Å². The third-order valence-corrected chi connectivity index (χ3v) is 3.98. The van der Waals surface area contributed by atoms with Crippen molar-refractivity contribution < 1.29 is 18.9 Å². The van der Waals surface area contributed by atoms with Gasteiger partial charge in [0.05, 0.1) is 26.4 Å². The van der Waals surface area contributed by atoms with Crippen molar-refractivity contribution in [2.75, 3.05) is 27.4 Å². The summed E-state index contributed by atoms with van der Waals surface area (Å²) in [6.45, 7) is 2.40. The summed E-state index contributed by atoms with van der Waals surface area (Å²) in [5.74, 6) is 0.206. The van der Waals surface area contributed by atoms with Gasteiger partial charge in [0.1, 0.15) is 0 Å². The minimum atomic E-state index is -0.245. The highest BCUT2D eigenvalue weighted by atomic mass is 16.7. The van der Waals surface area contributed by atoms with Gasteiger partial charge in [0.25, 0.3) is 0 Å². The molecule has 0 saturated carbocycles. The van der Waals surface area contributed by atoms with Gasteiger partial charge in [0.2, 0.25) is 0 Å². The quantitative estimate of drug-likeness (QED) is 0.545. The van der Waals surface area contributed by atoms with Crippen molar-refractivity contribution in [3.63, 3.8) is 0 Å². The molecule has 0 unspecified atom stereocenters. The van der Waals surface area contributed by atoms with Crippen molar-refractivity contribution in [2.24, 2.45) is 5.92 Å². The molecule has 4 nitrogen and oxygen atoms in total. The van der Waals surface area contributed by atoms with E-state index in [0.717, 1.165) is 6.42 Å². The van der Waals surface area contributed by atoms with Crippen molar-refractivity contribution >= 4 is 0 Å². The summed E-state index contributed by atoms with van der Waals surface area (Å²) in [6, 6.07) is 20.3. The molecular weight excluding hydrogens is 316 g/mol. The van der Waals surface area contributed by atoms with Crippen molar-refractivity contribution in [3.05, 3.63) is 71.8 Å². The summed E-state index contributed by atoms with van der Waals surface area (Å²) in [4.78, 5) is 0. The number of rotatable bonds is 12. The fourth-order valence-corrected chi connectivity index (χ4v) is 2.58. The molecule has 0 aliphatic carbocycles. The Morgan fingerprint density at radius 1 is 0.680 bits per heavy atom. The Kier molecular flexibility index (Phi) is 9.23. The van der Waals surface area contributed by atoms with Gasteiger partial charge < -0.3 is 18.9 Å². The van der Waals surface area contributed by atoms with Crippen LogP contribution in [0.3, 0.4) is 0 Å². The first-order valence-electron chi connectivity index (χ1n) is 8.60. The van der Waals surface area contributed by atoms with Gasteiger partial charge in [-0.15, -0.1) is 0 Å². The molecular formula is C21H28O4. The van der Waals surface area contributed by atoms with Gasteiger partial charge in [-0.2, -0.15) is 0 Å². The van der Waals surface area contributed by atoms with E-state index in [4.69, 9.17) is 18.9 Å². The molecule has 4 heteroatoms. The number of methoxy groups -OCH3 is 2. The SMILES string of the molecule is COC(CC(COCc1ccccc1)COCc1ccccc1)OC. The third kappa shape index (κ3) is 7.80. The first kappa shape index (κ1) is 19.6. The number of hydrogen-bond donors (Lipinski definition) is 0. The normalized spacial score (nSPS) is 11.4. The van der Waals surface area contributed by atoms with E-state index >= 15 is 0 Å². The first-order chi connectivity index (χ1) is 12.3. The number of ether oxygens (including phenoxy) is 4. The maximum Gasteiger partial charge on any atom is 0.157 e. The Balaban J connectivity index is 1.79. The molecule has 0 saturated heterocycles. The third-order valence-electron chi connectivity index (χ3n) is 3.98. The van der Waals surface area contributed by atoms with E-state index in [-0.39, 0.29) is 12.2 Å². The fourth-order valence-electron chi connectivity index (χ4n) is 2.58. The van der Waals surface area contributed by atoms with Gasteiger partial charge in [0, 0.05) is 26.6 Å². The maximum atomic E-state index is 5.88. The molecule has 0 bridgehead atoms. The van der Waals surface area contributed by atoms with Crippen molar-refractivity contribution in [1.82, 2.24) is 0 Å². The number of benzene rings is 2. The Hall–Kier alpha value is -1.72. The van der Waals surface area contributed by atoms with Gasteiger partial charge in [-0.05, 0) is 11.1 Å². The lowest BCUT2D eigenvalue weighted by Gasteiger charge is -2.22. The lowest BCUT2D eigenvalue weighted by molar-refractivity contribution is -0.124. The zero-order valence-electron chi connectivity index (χ0n) is 15.1. The van der Waals surface area contributed by atoms with Crippen LogP contribution >= 0.6 is 0 Å². The standard InChI is InChI=1S/C21H28O4/c1-22-21(23-2)13-20(16-24-14-18-9-5-3-6-10-18)17-25-15-19-11-7-4-8-12-19/h3-12,20-21H,13-17H2,1-2H3. The predicted octanol–water partition coefficient (Wildman–Crippen LogP) is 4.05. The van der Waals surface area contributed by atoms with Crippen LogP contribution in [-0.4, -0.2) is 33.7 Å². The highest BCUT2D eigenvalue weighted by molar-refractivity contribution is 5.14. The van der Waals surface area contributed by atoms with Gasteiger partial charge in [-0.1, -0.05) is 60.7 Å². The van der Waals surface area contributed by atoms with E-state index in [1.165, 1.54) is 11.1 Å². The van der Waals surface area contributed by atoms with Crippen molar-refractivity contribution in [1.29, 1.82) is 0 Å². The summed E-state index contributed by atoms with van der Waals surface area (Å²) in [6.07, 6.45) is 0.488. The van der Waals surface area contributed by atoms with Crippen LogP contribution in [0.25, 0.3) is 0 Å². The van der Waals surface area contributed by atoms with E-state index in [0.29, 0.717) is 26.4 Å². The van der Waals surface area contributed by atoms with Crippen molar-refractivity contribution in [3.8, 4) is 0 Å². The highest BCUT2D eigenvalue weighted by Gasteiger charge is 2.17. The summed E-state index contributed by atoms with van der Waals surface area (Å²) < 4.78 is 22.4. The van der Waals surface area contributed by atoms with E-state index in [2.05, 4.69) is 24.3 Å². The lowest BCUT2D eigenvalue weighted by atomic mass is 10.1. The molecule has 0 aliphatic heterocycles. The molecule has 2 aromatic carbocycles. The second kappa shape index (κ2) is 11.8. The molecule has 136 valence electrons. The molecule has 0 aromatic heterocycles. The van der Waals surface area contributed by atoms with Crippen LogP contribution < -0.4 is 0 Å².